The smallest absolute Gasteiger partial charge is 0.209 e. The predicted molar refractivity (Wildman–Crippen MR) is 69.0 cm³/mol. The van der Waals surface area contributed by atoms with Gasteiger partial charge in [0.05, 0.1) is 5.75 Å². The Kier molecular flexibility index (Phi) is 4.52. The molecule has 0 saturated heterocycles. The number of rotatable bonds is 2. The Balaban J connectivity index is 3.02. The minimum atomic E-state index is -3.63. The van der Waals surface area contributed by atoms with Crippen LogP contribution in [0.3, 0.4) is 0 Å². The number of hydrogen-bond donors (Lipinski definition) is 2. The molecule has 0 saturated carbocycles. The summed E-state index contributed by atoms with van der Waals surface area (Å²) in [6, 6.07) is 4.55. The standard InChI is InChI=1S/C8H8Cl2N2O2S2/c9-6-2-1-5(7(10)3-6)4-16(13,14)8(15)12-11/h1-3H,4,11H2,(H,12,15). The lowest BCUT2D eigenvalue weighted by Crippen LogP contribution is -2.35. The van der Waals surface area contributed by atoms with Gasteiger partial charge in [0.25, 0.3) is 0 Å². The van der Waals surface area contributed by atoms with Gasteiger partial charge in [-0.2, -0.15) is 0 Å². The Morgan fingerprint density at radius 1 is 1.44 bits per heavy atom. The van der Waals surface area contributed by atoms with Gasteiger partial charge in [0.2, 0.25) is 14.2 Å². The predicted octanol–water partition coefficient (Wildman–Crippen LogP) is 1.66. The highest BCUT2D eigenvalue weighted by molar-refractivity contribution is 8.16. The molecule has 0 aliphatic heterocycles. The van der Waals surface area contributed by atoms with Crippen LogP contribution in [0.5, 0.6) is 0 Å². The Bertz CT molecular complexity index is 517. The molecule has 8 heteroatoms. The quantitative estimate of drug-likeness (QED) is 0.493. The third kappa shape index (κ3) is 3.29. The lowest BCUT2D eigenvalue weighted by Gasteiger charge is -2.06. The average molecular weight is 299 g/mol. The van der Waals surface area contributed by atoms with Crippen LogP contribution < -0.4 is 11.3 Å². The van der Waals surface area contributed by atoms with E-state index in [4.69, 9.17) is 29.0 Å². The summed E-state index contributed by atoms with van der Waals surface area (Å²) < 4.78 is 22.8. The fourth-order valence-electron chi connectivity index (χ4n) is 0.999. The van der Waals surface area contributed by atoms with E-state index in [9.17, 15) is 8.42 Å². The highest BCUT2D eigenvalue weighted by Crippen LogP contribution is 2.22. The average Bonchev–Trinajstić information content (AvgIpc) is 2.21. The fraction of sp³-hybridized carbons (Fsp3) is 0.125. The number of nitrogens with two attached hydrogens (primary N) is 1. The molecule has 4 nitrogen and oxygen atoms in total. The fourth-order valence-corrected chi connectivity index (χ4v) is 2.70. The van der Waals surface area contributed by atoms with Gasteiger partial charge in [0.1, 0.15) is 0 Å². The lowest BCUT2D eigenvalue weighted by molar-refractivity contribution is 0.605. The van der Waals surface area contributed by atoms with E-state index in [0.717, 1.165) is 0 Å². The Morgan fingerprint density at radius 2 is 2.06 bits per heavy atom. The van der Waals surface area contributed by atoms with Crippen LogP contribution in [0.1, 0.15) is 5.56 Å². The third-order valence-corrected chi connectivity index (χ3v) is 4.60. The highest BCUT2D eigenvalue weighted by atomic mass is 35.5. The summed E-state index contributed by atoms with van der Waals surface area (Å²) in [6.45, 7) is 0. The molecule has 0 spiro atoms. The van der Waals surface area contributed by atoms with Crippen molar-refractivity contribution in [2.24, 2.45) is 5.84 Å². The lowest BCUT2D eigenvalue weighted by atomic mass is 10.2. The molecule has 1 aromatic rings. The number of sulfone groups is 1. The van der Waals surface area contributed by atoms with Crippen LogP contribution in [-0.4, -0.2) is 12.7 Å². The molecule has 0 atom stereocenters. The van der Waals surface area contributed by atoms with Gasteiger partial charge in [-0.3, -0.25) is 0 Å². The van der Waals surface area contributed by atoms with Gasteiger partial charge in [0.15, 0.2) is 0 Å². The van der Waals surface area contributed by atoms with Crippen LogP contribution in [-0.2, 0) is 15.6 Å². The number of thiocarbonyl (C=S) groups is 1. The first-order valence-electron chi connectivity index (χ1n) is 4.04. The molecule has 0 aliphatic rings. The summed E-state index contributed by atoms with van der Waals surface area (Å²) in [5.41, 5.74) is 2.35. The molecule has 16 heavy (non-hydrogen) atoms. The first kappa shape index (κ1) is 13.7. The zero-order valence-corrected chi connectivity index (χ0v) is 11.1. The second-order valence-corrected chi connectivity index (χ2v) is 6.36. The normalized spacial score (nSPS) is 11.2. The van der Waals surface area contributed by atoms with Gasteiger partial charge >= 0.3 is 0 Å². The Morgan fingerprint density at radius 3 is 2.56 bits per heavy atom. The Labute approximate surface area is 109 Å². The second kappa shape index (κ2) is 5.29. The number of nitrogens with one attached hydrogen (secondary N) is 1. The molecular formula is C8H8Cl2N2O2S2. The van der Waals surface area contributed by atoms with Gasteiger partial charge in [-0.15, -0.1) is 0 Å². The van der Waals surface area contributed by atoms with Crippen molar-refractivity contribution in [1.29, 1.82) is 0 Å². The van der Waals surface area contributed by atoms with Crippen molar-refractivity contribution in [2.75, 3.05) is 0 Å². The maximum Gasteiger partial charge on any atom is 0.209 e. The van der Waals surface area contributed by atoms with E-state index < -0.39 is 14.2 Å². The van der Waals surface area contributed by atoms with Crippen molar-refractivity contribution in [3.63, 3.8) is 0 Å². The molecule has 0 fully saturated rings. The zero-order valence-electron chi connectivity index (χ0n) is 7.91. The van der Waals surface area contributed by atoms with E-state index in [1.165, 1.54) is 12.1 Å². The van der Waals surface area contributed by atoms with Crippen LogP contribution in [0.2, 0.25) is 10.0 Å². The molecule has 1 rings (SSSR count). The van der Waals surface area contributed by atoms with E-state index in [1.54, 1.807) is 6.07 Å². The summed E-state index contributed by atoms with van der Waals surface area (Å²) in [4.78, 5) is 0. The van der Waals surface area contributed by atoms with Crippen molar-refractivity contribution >= 4 is 49.6 Å². The van der Waals surface area contributed by atoms with E-state index in [1.807, 2.05) is 5.43 Å². The molecule has 88 valence electrons. The summed E-state index contributed by atoms with van der Waals surface area (Å²) in [5.74, 6) is 4.64. The Hall–Kier alpha value is -0.400. The number of hydrazine groups is 1. The van der Waals surface area contributed by atoms with Gasteiger partial charge in [-0.05, 0) is 29.9 Å². The third-order valence-electron chi connectivity index (χ3n) is 1.76. The molecule has 0 heterocycles. The van der Waals surface area contributed by atoms with Crippen molar-refractivity contribution in [3.05, 3.63) is 33.8 Å². The highest BCUT2D eigenvalue weighted by Gasteiger charge is 2.19. The van der Waals surface area contributed by atoms with Crippen LogP contribution in [0.15, 0.2) is 18.2 Å². The van der Waals surface area contributed by atoms with E-state index >= 15 is 0 Å². The maximum atomic E-state index is 11.6. The van der Waals surface area contributed by atoms with Gasteiger partial charge in [0, 0.05) is 10.0 Å². The SMILES string of the molecule is NNC(=S)S(=O)(=O)Cc1ccc(Cl)cc1Cl. The molecule has 0 aliphatic carbocycles. The van der Waals surface area contributed by atoms with Gasteiger partial charge in [-0.25, -0.2) is 14.3 Å². The molecule has 3 N–H and O–H groups in total. The van der Waals surface area contributed by atoms with Crippen LogP contribution in [0.25, 0.3) is 0 Å². The van der Waals surface area contributed by atoms with Crippen molar-refractivity contribution in [3.8, 4) is 0 Å². The second-order valence-electron chi connectivity index (χ2n) is 2.93. The minimum Gasteiger partial charge on any atom is -0.305 e. The van der Waals surface area contributed by atoms with Crippen molar-refractivity contribution in [1.82, 2.24) is 5.43 Å². The van der Waals surface area contributed by atoms with E-state index in [2.05, 4.69) is 12.2 Å². The summed E-state index contributed by atoms with van der Waals surface area (Å²) in [5, 5.41) is 0.710. The van der Waals surface area contributed by atoms with Crippen molar-refractivity contribution in [2.45, 2.75) is 5.75 Å². The number of hydrogen-bond acceptors (Lipinski definition) is 4. The van der Waals surface area contributed by atoms with E-state index in [0.29, 0.717) is 10.6 Å². The molecular weight excluding hydrogens is 291 g/mol. The summed E-state index contributed by atoms with van der Waals surface area (Å²) in [7, 11) is -3.63. The largest absolute Gasteiger partial charge is 0.305 e. The van der Waals surface area contributed by atoms with Crippen LogP contribution in [0.4, 0.5) is 0 Å². The topological polar surface area (TPSA) is 72.2 Å². The number of benzene rings is 1. The van der Waals surface area contributed by atoms with Gasteiger partial charge < -0.3 is 5.43 Å². The minimum absolute atomic E-state index is 0.274. The van der Waals surface area contributed by atoms with Gasteiger partial charge in [-0.1, -0.05) is 29.3 Å². The first-order chi connectivity index (χ1) is 7.36. The first-order valence-corrected chi connectivity index (χ1v) is 6.85. The monoisotopic (exact) mass is 298 g/mol. The van der Waals surface area contributed by atoms with Crippen LogP contribution in [0, 0.1) is 0 Å². The number of halogens is 2. The summed E-state index contributed by atoms with van der Waals surface area (Å²) >= 11 is 16.1. The van der Waals surface area contributed by atoms with Crippen molar-refractivity contribution < 1.29 is 8.42 Å². The molecule has 0 bridgehead atoms. The molecule has 0 unspecified atom stereocenters. The molecule has 0 radical (unpaired) electrons. The van der Waals surface area contributed by atoms with Crippen LogP contribution >= 0.6 is 35.4 Å². The molecule has 1 aromatic carbocycles. The molecule has 0 aromatic heterocycles. The summed E-state index contributed by atoms with van der Waals surface area (Å²) in [6.07, 6.45) is 0. The molecule has 0 amide bonds. The zero-order chi connectivity index (χ0) is 12.3. The van der Waals surface area contributed by atoms with E-state index in [-0.39, 0.29) is 10.8 Å². The maximum absolute atomic E-state index is 11.6.